The second-order valence-corrected chi connectivity index (χ2v) is 8.47. The number of fused-ring (bicyclic) bond motifs is 1. The number of thiocarbonyl (C=S) groups is 1. The first-order valence-electron chi connectivity index (χ1n) is 10.3. The molecule has 2 aromatic carbocycles. The number of hydrogen-bond donors (Lipinski definition) is 2. The van der Waals surface area contributed by atoms with Gasteiger partial charge in [0.15, 0.2) is 5.11 Å². The molecule has 0 amide bonds. The molecule has 5 heteroatoms. The summed E-state index contributed by atoms with van der Waals surface area (Å²) in [4.78, 5) is 18.0. The van der Waals surface area contributed by atoms with E-state index in [2.05, 4.69) is 46.4 Å². The molecule has 4 rings (SSSR count). The van der Waals surface area contributed by atoms with Gasteiger partial charge < -0.3 is 15.2 Å². The average Bonchev–Trinajstić information content (AvgIpc) is 3.20. The number of anilines is 1. The minimum Gasteiger partial charge on any atom is -0.342 e. The van der Waals surface area contributed by atoms with Crippen molar-refractivity contribution < 1.29 is 0 Å². The number of aryl methyl sites for hydroxylation is 2. The molecular weight excluding hydrogens is 378 g/mol. The molecule has 1 aliphatic rings. The molecule has 2 N–H and O–H groups in total. The molecule has 0 unspecified atom stereocenters. The number of hydrogen-bond acceptors (Lipinski definition) is 2. The van der Waals surface area contributed by atoms with Gasteiger partial charge in [0.1, 0.15) is 0 Å². The Morgan fingerprint density at radius 2 is 1.86 bits per heavy atom. The van der Waals surface area contributed by atoms with Gasteiger partial charge >= 0.3 is 0 Å². The van der Waals surface area contributed by atoms with Crippen LogP contribution in [-0.4, -0.2) is 21.0 Å². The quantitative estimate of drug-likeness (QED) is 0.579. The van der Waals surface area contributed by atoms with Crippen molar-refractivity contribution in [2.75, 3.05) is 5.32 Å². The van der Waals surface area contributed by atoms with Crippen LogP contribution in [0.25, 0.3) is 10.9 Å². The molecule has 0 atom stereocenters. The molecule has 1 aromatic heterocycles. The third kappa shape index (κ3) is 4.51. The summed E-state index contributed by atoms with van der Waals surface area (Å²) in [6.45, 7) is 4.61. The predicted molar refractivity (Wildman–Crippen MR) is 125 cm³/mol. The fraction of sp³-hybridized carbons (Fsp3) is 0.333. The minimum absolute atomic E-state index is 0.0375. The number of H-pyrrole nitrogens is 1. The first kappa shape index (κ1) is 19.6. The lowest BCUT2D eigenvalue weighted by molar-refractivity contribution is 0.311. The topological polar surface area (TPSA) is 48.1 Å². The van der Waals surface area contributed by atoms with Crippen LogP contribution < -0.4 is 10.9 Å². The summed E-state index contributed by atoms with van der Waals surface area (Å²) >= 11 is 5.80. The smallest absolute Gasteiger partial charge is 0.253 e. The van der Waals surface area contributed by atoms with Crippen LogP contribution >= 0.6 is 12.2 Å². The maximum atomic E-state index is 12.8. The number of pyridine rings is 1. The van der Waals surface area contributed by atoms with Gasteiger partial charge in [-0.05, 0) is 79.7 Å². The highest BCUT2D eigenvalue weighted by molar-refractivity contribution is 7.80. The summed E-state index contributed by atoms with van der Waals surface area (Å²) in [6.07, 6.45) is 4.64. The first-order chi connectivity index (χ1) is 14.0. The standard InChI is InChI=1S/C24H27N3OS/c1-16-6-5-7-20(12-16)25-24(29)27(21-8-3-4-9-21)15-19-14-18-11-10-17(2)13-22(18)26-23(19)28/h5-7,10-14,21H,3-4,8-9,15H2,1-2H3,(H,25,29)(H,26,28). The molecule has 1 aliphatic carbocycles. The van der Waals surface area contributed by atoms with Crippen LogP contribution in [0.15, 0.2) is 53.3 Å². The van der Waals surface area contributed by atoms with Crippen molar-refractivity contribution in [1.29, 1.82) is 0 Å². The second-order valence-electron chi connectivity index (χ2n) is 8.08. The van der Waals surface area contributed by atoms with E-state index in [1.165, 1.54) is 18.4 Å². The fourth-order valence-corrected chi connectivity index (χ4v) is 4.49. The third-order valence-electron chi connectivity index (χ3n) is 5.71. The van der Waals surface area contributed by atoms with Crippen molar-refractivity contribution in [3.05, 3.63) is 75.6 Å². The zero-order valence-corrected chi connectivity index (χ0v) is 17.8. The number of nitrogens with one attached hydrogen (secondary N) is 2. The Morgan fingerprint density at radius 3 is 2.62 bits per heavy atom. The van der Waals surface area contributed by atoms with Crippen LogP contribution in [0.1, 0.15) is 42.4 Å². The minimum atomic E-state index is -0.0375. The molecular formula is C24H27N3OS. The molecule has 0 aliphatic heterocycles. The van der Waals surface area contributed by atoms with Crippen molar-refractivity contribution in [3.63, 3.8) is 0 Å². The molecule has 3 aromatic rings. The van der Waals surface area contributed by atoms with E-state index in [1.54, 1.807) is 0 Å². The van der Waals surface area contributed by atoms with Gasteiger partial charge in [0, 0.05) is 22.8 Å². The van der Waals surface area contributed by atoms with E-state index in [4.69, 9.17) is 12.2 Å². The van der Waals surface area contributed by atoms with Crippen molar-refractivity contribution in [3.8, 4) is 0 Å². The summed E-state index contributed by atoms with van der Waals surface area (Å²) in [7, 11) is 0. The lowest BCUT2D eigenvalue weighted by Crippen LogP contribution is -2.42. The van der Waals surface area contributed by atoms with E-state index in [0.717, 1.165) is 40.6 Å². The SMILES string of the molecule is Cc1cccc(NC(=S)N(Cc2cc3ccc(C)cc3[nH]c2=O)C2CCCC2)c1. The lowest BCUT2D eigenvalue weighted by Gasteiger charge is -2.31. The zero-order chi connectivity index (χ0) is 20.4. The fourth-order valence-electron chi connectivity index (χ4n) is 4.16. The van der Waals surface area contributed by atoms with E-state index in [0.29, 0.717) is 17.7 Å². The van der Waals surface area contributed by atoms with E-state index in [-0.39, 0.29) is 5.56 Å². The third-order valence-corrected chi connectivity index (χ3v) is 6.05. The van der Waals surface area contributed by atoms with Crippen molar-refractivity contribution >= 4 is 33.9 Å². The molecule has 1 heterocycles. The van der Waals surface area contributed by atoms with Crippen LogP contribution in [0.4, 0.5) is 5.69 Å². The summed E-state index contributed by atoms with van der Waals surface area (Å²) in [6, 6.07) is 16.7. The van der Waals surface area contributed by atoms with Crippen LogP contribution in [0, 0.1) is 13.8 Å². The van der Waals surface area contributed by atoms with Gasteiger partial charge in [0.05, 0.1) is 6.54 Å². The van der Waals surface area contributed by atoms with Gasteiger partial charge in [-0.1, -0.05) is 37.1 Å². The lowest BCUT2D eigenvalue weighted by atomic mass is 10.1. The van der Waals surface area contributed by atoms with Crippen molar-refractivity contribution in [2.24, 2.45) is 0 Å². The first-order valence-corrected chi connectivity index (χ1v) is 10.7. The molecule has 0 spiro atoms. The number of aromatic amines is 1. The highest BCUT2D eigenvalue weighted by Crippen LogP contribution is 2.26. The molecule has 1 saturated carbocycles. The Balaban J connectivity index is 1.63. The zero-order valence-electron chi connectivity index (χ0n) is 17.0. The number of rotatable bonds is 4. The van der Waals surface area contributed by atoms with Gasteiger partial charge in [-0.3, -0.25) is 4.79 Å². The molecule has 0 bridgehead atoms. The second kappa shape index (κ2) is 8.37. The number of aromatic nitrogens is 1. The van der Waals surface area contributed by atoms with E-state index in [9.17, 15) is 4.79 Å². The summed E-state index contributed by atoms with van der Waals surface area (Å²) in [5.74, 6) is 0. The Hall–Kier alpha value is -2.66. The van der Waals surface area contributed by atoms with E-state index in [1.807, 2.05) is 31.2 Å². The Labute approximate surface area is 176 Å². The maximum absolute atomic E-state index is 12.8. The van der Waals surface area contributed by atoms with Crippen molar-refractivity contribution in [2.45, 2.75) is 52.1 Å². The predicted octanol–water partition coefficient (Wildman–Crippen LogP) is 5.29. The highest BCUT2D eigenvalue weighted by atomic mass is 32.1. The average molecular weight is 406 g/mol. The number of nitrogens with zero attached hydrogens (tertiary/aromatic N) is 1. The molecule has 0 saturated heterocycles. The summed E-state index contributed by atoms with van der Waals surface area (Å²) in [5.41, 5.74) is 4.90. The van der Waals surface area contributed by atoms with Gasteiger partial charge in [-0.15, -0.1) is 0 Å². The molecule has 150 valence electrons. The molecule has 29 heavy (non-hydrogen) atoms. The Kier molecular flexibility index (Phi) is 5.67. The van der Waals surface area contributed by atoms with Gasteiger partial charge in [0.25, 0.3) is 5.56 Å². The van der Waals surface area contributed by atoms with Crippen LogP contribution in [0.3, 0.4) is 0 Å². The maximum Gasteiger partial charge on any atom is 0.253 e. The summed E-state index contributed by atoms with van der Waals surface area (Å²) < 4.78 is 0. The Morgan fingerprint density at radius 1 is 1.10 bits per heavy atom. The van der Waals surface area contributed by atoms with Crippen LogP contribution in [-0.2, 0) is 6.54 Å². The van der Waals surface area contributed by atoms with Crippen LogP contribution in [0.5, 0.6) is 0 Å². The van der Waals surface area contributed by atoms with Crippen molar-refractivity contribution in [1.82, 2.24) is 9.88 Å². The van der Waals surface area contributed by atoms with E-state index < -0.39 is 0 Å². The van der Waals surface area contributed by atoms with E-state index >= 15 is 0 Å². The normalized spacial score (nSPS) is 14.3. The van der Waals surface area contributed by atoms with Gasteiger partial charge in [-0.2, -0.15) is 0 Å². The molecule has 0 radical (unpaired) electrons. The monoisotopic (exact) mass is 405 g/mol. The van der Waals surface area contributed by atoms with Crippen LogP contribution in [0.2, 0.25) is 0 Å². The number of benzene rings is 2. The highest BCUT2D eigenvalue weighted by Gasteiger charge is 2.25. The van der Waals surface area contributed by atoms with Gasteiger partial charge in [0.2, 0.25) is 0 Å². The largest absolute Gasteiger partial charge is 0.342 e. The molecule has 4 nitrogen and oxygen atoms in total. The Bertz CT molecular complexity index is 1100. The molecule has 1 fully saturated rings. The summed E-state index contributed by atoms with van der Waals surface area (Å²) in [5, 5.41) is 5.13. The van der Waals surface area contributed by atoms with Gasteiger partial charge in [-0.25, -0.2) is 0 Å².